The Balaban J connectivity index is 2.20. The number of fused-ring (bicyclic) bond motifs is 1. The molecule has 0 aliphatic rings. The monoisotopic (exact) mass is 280 g/mol. The minimum Gasteiger partial charge on any atom is -0.480 e. The van der Waals surface area contributed by atoms with Gasteiger partial charge in [-0.2, -0.15) is 0 Å². The van der Waals surface area contributed by atoms with Crippen molar-refractivity contribution in [2.24, 2.45) is 0 Å². The second-order valence-electron chi connectivity index (χ2n) is 4.06. The van der Waals surface area contributed by atoms with Crippen molar-refractivity contribution in [1.29, 1.82) is 0 Å². The van der Waals surface area contributed by atoms with E-state index in [1.54, 1.807) is 24.3 Å². The standard InChI is InChI=1S/C12H12N2O6/c15-6-7(11(17)18)13-10(16)5-14-8-3-1-2-4-9(8)20-12(14)19/h1-4,7,15H,5-6H2,(H,13,16)(H,17,18)/t7-/m1/s1. The van der Waals surface area contributed by atoms with E-state index in [1.807, 2.05) is 0 Å². The van der Waals surface area contributed by atoms with Gasteiger partial charge in [0.25, 0.3) is 0 Å². The first kappa shape index (κ1) is 13.8. The SMILES string of the molecule is O=C(Cn1c(=O)oc2ccccc21)N[C@H](CO)C(=O)O. The van der Waals surface area contributed by atoms with E-state index >= 15 is 0 Å². The Morgan fingerprint density at radius 3 is 2.70 bits per heavy atom. The van der Waals surface area contributed by atoms with E-state index in [4.69, 9.17) is 14.6 Å². The number of aliphatic hydroxyl groups is 1. The molecule has 2 rings (SSSR count). The summed E-state index contributed by atoms with van der Waals surface area (Å²) in [5.74, 6) is -2.78. The maximum atomic E-state index is 11.7. The molecule has 8 heteroatoms. The van der Waals surface area contributed by atoms with E-state index in [0.29, 0.717) is 11.1 Å². The second-order valence-corrected chi connectivity index (χ2v) is 4.06. The van der Waals surface area contributed by atoms with Crippen molar-refractivity contribution in [1.82, 2.24) is 9.88 Å². The maximum absolute atomic E-state index is 11.7. The van der Waals surface area contributed by atoms with Crippen LogP contribution in [0.5, 0.6) is 0 Å². The Hall–Kier alpha value is -2.61. The van der Waals surface area contributed by atoms with Crippen LogP contribution in [0.2, 0.25) is 0 Å². The van der Waals surface area contributed by atoms with Crippen LogP contribution in [0.1, 0.15) is 0 Å². The van der Waals surface area contributed by atoms with Gasteiger partial charge in [0.1, 0.15) is 12.6 Å². The third-order valence-corrected chi connectivity index (χ3v) is 2.69. The van der Waals surface area contributed by atoms with Gasteiger partial charge in [0.15, 0.2) is 5.58 Å². The number of nitrogens with zero attached hydrogens (tertiary/aromatic N) is 1. The molecule has 0 radical (unpaired) electrons. The zero-order chi connectivity index (χ0) is 14.7. The van der Waals surface area contributed by atoms with Gasteiger partial charge in [-0.25, -0.2) is 9.59 Å². The van der Waals surface area contributed by atoms with Crippen molar-refractivity contribution >= 4 is 23.0 Å². The van der Waals surface area contributed by atoms with Crippen molar-refractivity contribution < 1.29 is 24.2 Å². The summed E-state index contributed by atoms with van der Waals surface area (Å²) in [5, 5.41) is 19.6. The fraction of sp³-hybridized carbons (Fsp3) is 0.250. The number of benzene rings is 1. The van der Waals surface area contributed by atoms with Gasteiger partial charge in [-0.1, -0.05) is 12.1 Å². The lowest BCUT2D eigenvalue weighted by molar-refractivity contribution is -0.143. The normalized spacial score (nSPS) is 12.2. The van der Waals surface area contributed by atoms with Crippen molar-refractivity contribution in [3.63, 3.8) is 0 Å². The lowest BCUT2D eigenvalue weighted by Gasteiger charge is -2.11. The summed E-state index contributed by atoms with van der Waals surface area (Å²) >= 11 is 0. The number of rotatable bonds is 5. The number of carboxylic acid groups (broad SMARTS) is 1. The number of carbonyl (C=O) groups excluding carboxylic acids is 1. The minimum atomic E-state index is -1.41. The van der Waals surface area contributed by atoms with E-state index < -0.39 is 30.3 Å². The molecule has 0 aliphatic carbocycles. The zero-order valence-corrected chi connectivity index (χ0v) is 10.3. The van der Waals surface area contributed by atoms with Crippen molar-refractivity contribution in [3.05, 3.63) is 34.8 Å². The zero-order valence-electron chi connectivity index (χ0n) is 10.3. The molecule has 0 saturated carbocycles. The topological polar surface area (TPSA) is 122 Å². The van der Waals surface area contributed by atoms with Gasteiger partial charge in [-0.05, 0) is 12.1 Å². The number of hydrogen-bond acceptors (Lipinski definition) is 5. The lowest BCUT2D eigenvalue weighted by Crippen LogP contribution is -2.45. The maximum Gasteiger partial charge on any atom is 0.420 e. The van der Waals surface area contributed by atoms with Crippen LogP contribution in [0.3, 0.4) is 0 Å². The molecule has 2 aromatic rings. The molecule has 106 valence electrons. The van der Waals surface area contributed by atoms with E-state index in [-0.39, 0.29) is 6.54 Å². The highest BCUT2D eigenvalue weighted by Crippen LogP contribution is 2.11. The molecule has 1 amide bonds. The first-order valence-corrected chi connectivity index (χ1v) is 5.74. The molecule has 0 saturated heterocycles. The summed E-state index contributed by atoms with van der Waals surface area (Å²) in [6, 6.07) is 5.14. The van der Waals surface area contributed by atoms with E-state index in [9.17, 15) is 14.4 Å². The molecule has 3 N–H and O–H groups in total. The van der Waals surface area contributed by atoms with Crippen LogP contribution in [0.25, 0.3) is 11.1 Å². The molecule has 0 spiro atoms. The number of hydrogen-bond donors (Lipinski definition) is 3. The Kier molecular flexibility index (Phi) is 3.85. The molecule has 8 nitrogen and oxygen atoms in total. The van der Waals surface area contributed by atoms with Crippen molar-refractivity contribution in [2.45, 2.75) is 12.6 Å². The molecular formula is C12H12N2O6. The average molecular weight is 280 g/mol. The van der Waals surface area contributed by atoms with Gasteiger partial charge >= 0.3 is 11.7 Å². The quantitative estimate of drug-likeness (QED) is 0.656. The third kappa shape index (κ3) is 2.69. The number of aliphatic carboxylic acids is 1. The molecule has 1 aromatic heterocycles. The van der Waals surface area contributed by atoms with E-state index in [1.165, 1.54) is 0 Å². The van der Waals surface area contributed by atoms with Crippen LogP contribution in [0.4, 0.5) is 0 Å². The highest BCUT2D eigenvalue weighted by molar-refractivity contribution is 5.84. The summed E-state index contributed by atoms with van der Waals surface area (Å²) < 4.78 is 6.02. The molecule has 20 heavy (non-hydrogen) atoms. The highest BCUT2D eigenvalue weighted by Gasteiger charge is 2.20. The van der Waals surface area contributed by atoms with Gasteiger partial charge in [0.2, 0.25) is 5.91 Å². The van der Waals surface area contributed by atoms with Gasteiger partial charge in [-0.3, -0.25) is 9.36 Å². The number of carboxylic acids is 1. The van der Waals surface area contributed by atoms with Crippen LogP contribution < -0.4 is 11.1 Å². The van der Waals surface area contributed by atoms with Crippen LogP contribution in [0.15, 0.2) is 33.5 Å². The van der Waals surface area contributed by atoms with Gasteiger partial charge < -0.3 is 19.9 Å². The van der Waals surface area contributed by atoms with Crippen molar-refractivity contribution in [2.75, 3.05) is 6.61 Å². The number of amides is 1. The van der Waals surface area contributed by atoms with E-state index in [0.717, 1.165) is 4.57 Å². The Bertz CT molecular complexity index is 701. The summed E-state index contributed by atoms with van der Waals surface area (Å²) in [7, 11) is 0. The first-order chi connectivity index (χ1) is 9.52. The van der Waals surface area contributed by atoms with Gasteiger partial charge in [0.05, 0.1) is 12.1 Å². The highest BCUT2D eigenvalue weighted by atomic mass is 16.4. The predicted molar refractivity (Wildman–Crippen MR) is 67.1 cm³/mol. The predicted octanol–water partition coefficient (Wildman–Crippen LogP) is -0.844. The van der Waals surface area contributed by atoms with Crippen LogP contribution in [-0.2, 0) is 16.1 Å². The molecule has 1 aromatic carbocycles. The number of aromatic nitrogens is 1. The smallest absolute Gasteiger partial charge is 0.420 e. The van der Waals surface area contributed by atoms with E-state index in [2.05, 4.69) is 5.32 Å². The fourth-order valence-electron chi connectivity index (χ4n) is 1.73. The Morgan fingerprint density at radius 2 is 2.05 bits per heavy atom. The summed E-state index contributed by atoms with van der Waals surface area (Å²) in [6.45, 7) is -1.12. The lowest BCUT2D eigenvalue weighted by atomic mass is 10.3. The molecule has 1 atom stereocenters. The largest absolute Gasteiger partial charge is 0.480 e. The number of aliphatic hydroxyl groups excluding tert-OH is 1. The average Bonchev–Trinajstić information content (AvgIpc) is 2.72. The summed E-state index contributed by atoms with van der Waals surface area (Å²) in [4.78, 5) is 34.0. The summed E-state index contributed by atoms with van der Waals surface area (Å²) in [6.07, 6.45) is 0. The number of oxazole rings is 1. The van der Waals surface area contributed by atoms with Crippen LogP contribution >= 0.6 is 0 Å². The Morgan fingerprint density at radius 1 is 1.35 bits per heavy atom. The Labute approximate surface area is 112 Å². The van der Waals surface area contributed by atoms with Crippen molar-refractivity contribution in [3.8, 4) is 0 Å². The first-order valence-electron chi connectivity index (χ1n) is 5.74. The number of para-hydroxylation sites is 2. The third-order valence-electron chi connectivity index (χ3n) is 2.69. The number of carbonyl (C=O) groups is 2. The number of nitrogens with one attached hydrogen (secondary N) is 1. The summed E-state index contributed by atoms with van der Waals surface area (Å²) in [5.41, 5.74) is 0.769. The fourth-order valence-corrected chi connectivity index (χ4v) is 1.73. The molecule has 0 fully saturated rings. The molecule has 0 unspecified atom stereocenters. The van der Waals surface area contributed by atoms with Crippen LogP contribution in [-0.4, -0.2) is 39.3 Å². The molecular weight excluding hydrogens is 268 g/mol. The van der Waals surface area contributed by atoms with Gasteiger partial charge in [-0.15, -0.1) is 0 Å². The molecule has 1 heterocycles. The molecule has 0 bridgehead atoms. The van der Waals surface area contributed by atoms with Gasteiger partial charge in [0, 0.05) is 0 Å². The minimum absolute atomic E-state index is 0.335. The second kappa shape index (κ2) is 5.57. The molecule has 0 aliphatic heterocycles. The van der Waals surface area contributed by atoms with Crippen LogP contribution in [0, 0.1) is 0 Å².